The van der Waals surface area contributed by atoms with Crippen LogP contribution in [0.1, 0.15) is 48.1 Å². The molecule has 1 aliphatic carbocycles. The molecule has 8 nitrogen and oxygen atoms in total. The number of hydrogen-bond acceptors (Lipinski definition) is 7. The van der Waals surface area contributed by atoms with Crippen molar-refractivity contribution in [1.82, 2.24) is 29.8 Å². The monoisotopic (exact) mass is 365 g/mol. The molecule has 3 aromatic heterocycles. The molecule has 0 atom stereocenters. The van der Waals surface area contributed by atoms with Crippen LogP contribution >= 0.6 is 0 Å². The van der Waals surface area contributed by atoms with E-state index in [-0.39, 0.29) is 0 Å². The van der Waals surface area contributed by atoms with Crippen molar-refractivity contribution in [3.05, 3.63) is 35.0 Å². The molecule has 2 aliphatic rings. The molecular weight excluding hydrogens is 342 g/mol. The molecule has 0 saturated carbocycles. The molecule has 0 unspecified atom stereocenters. The van der Waals surface area contributed by atoms with Gasteiger partial charge in [-0.05, 0) is 45.1 Å². The fourth-order valence-corrected chi connectivity index (χ4v) is 4.30. The van der Waals surface area contributed by atoms with Gasteiger partial charge in [0.05, 0.1) is 7.11 Å². The minimum absolute atomic E-state index is 0.340. The van der Waals surface area contributed by atoms with Gasteiger partial charge in [-0.1, -0.05) is 0 Å². The normalized spacial score (nSPS) is 17.5. The molecule has 1 aliphatic heterocycles. The molecule has 5 rings (SSSR count). The quantitative estimate of drug-likeness (QED) is 0.703. The van der Waals surface area contributed by atoms with Gasteiger partial charge in [0.1, 0.15) is 11.6 Å². The van der Waals surface area contributed by atoms with Crippen molar-refractivity contribution in [3.8, 4) is 5.88 Å². The highest BCUT2D eigenvalue weighted by atomic mass is 16.5. The maximum atomic E-state index is 5.25. The molecule has 3 aromatic rings. The first-order valence-electron chi connectivity index (χ1n) is 9.60. The molecule has 27 heavy (non-hydrogen) atoms. The Morgan fingerprint density at radius 1 is 1.07 bits per heavy atom. The molecule has 1 fully saturated rings. The lowest BCUT2D eigenvalue weighted by Crippen LogP contribution is -2.35. The number of aryl methyl sites for hydroxylation is 2. The summed E-state index contributed by atoms with van der Waals surface area (Å²) in [6, 6.07) is 3.71. The molecule has 0 aromatic carbocycles. The third-order valence-electron chi connectivity index (χ3n) is 5.65. The van der Waals surface area contributed by atoms with Crippen LogP contribution in [-0.2, 0) is 12.8 Å². The largest absolute Gasteiger partial charge is 0.480 e. The van der Waals surface area contributed by atoms with Crippen LogP contribution in [0.3, 0.4) is 0 Å². The average molecular weight is 365 g/mol. The van der Waals surface area contributed by atoms with Crippen molar-refractivity contribution in [2.75, 3.05) is 25.1 Å². The van der Waals surface area contributed by atoms with Crippen molar-refractivity contribution < 1.29 is 4.74 Å². The lowest BCUT2D eigenvalue weighted by molar-refractivity contribution is 0.386. The zero-order valence-electron chi connectivity index (χ0n) is 15.7. The summed E-state index contributed by atoms with van der Waals surface area (Å²) >= 11 is 0. The van der Waals surface area contributed by atoms with Crippen LogP contribution in [0, 0.1) is 6.92 Å². The number of fused-ring (bicyclic) bond motifs is 2. The minimum atomic E-state index is 0.340. The fraction of sp³-hybridized carbons (Fsp3) is 0.526. The summed E-state index contributed by atoms with van der Waals surface area (Å²) < 4.78 is 7.08. The highest BCUT2D eigenvalue weighted by molar-refractivity contribution is 5.51. The van der Waals surface area contributed by atoms with Gasteiger partial charge in [0.2, 0.25) is 5.88 Å². The van der Waals surface area contributed by atoms with E-state index in [9.17, 15) is 0 Å². The van der Waals surface area contributed by atoms with Gasteiger partial charge < -0.3 is 9.64 Å². The van der Waals surface area contributed by atoms with Gasteiger partial charge in [-0.15, -0.1) is 15.3 Å². The van der Waals surface area contributed by atoms with E-state index in [0.717, 1.165) is 61.9 Å². The van der Waals surface area contributed by atoms with Gasteiger partial charge >= 0.3 is 0 Å². The first-order chi connectivity index (χ1) is 13.2. The number of hydrogen-bond donors (Lipinski definition) is 0. The molecular formula is C19H23N7O. The van der Waals surface area contributed by atoms with Crippen molar-refractivity contribution >= 4 is 11.5 Å². The number of rotatable bonds is 3. The smallest absolute Gasteiger partial charge is 0.231 e. The van der Waals surface area contributed by atoms with E-state index in [2.05, 4.69) is 25.2 Å². The molecule has 0 radical (unpaired) electrons. The topological polar surface area (TPSA) is 81.3 Å². The van der Waals surface area contributed by atoms with Crippen molar-refractivity contribution in [3.63, 3.8) is 0 Å². The van der Waals surface area contributed by atoms with E-state index in [1.807, 2.05) is 23.6 Å². The standard InChI is InChI=1S/C19H23N7O/c1-12-20-15-5-3-4-14(15)19(21-12)25-10-8-13(9-11-25)18-23-22-16-6-7-17(27-2)24-26(16)18/h6-7,13H,3-5,8-11H2,1-2H3. The zero-order valence-corrected chi connectivity index (χ0v) is 15.7. The molecule has 0 bridgehead atoms. The SMILES string of the molecule is COc1ccc2nnc(C3CCN(c4nc(C)nc5c4CCC5)CC3)n2n1. The van der Waals surface area contributed by atoms with Crippen molar-refractivity contribution in [1.29, 1.82) is 0 Å². The number of ether oxygens (including phenoxy) is 1. The van der Waals surface area contributed by atoms with Gasteiger partial charge in [-0.25, -0.2) is 9.97 Å². The molecule has 0 spiro atoms. The molecule has 0 amide bonds. The Hall–Kier alpha value is -2.77. The average Bonchev–Trinajstić information content (AvgIpc) is 3.33. The molecule has 8 heteroatoms. The summed E-state index contributed by atoms with van der Waals surface area (Å²) in [6.07, 6.45) is 5.40. The predicted octanol–water partition coefficient (Wildman–Crippen LogP) is 2.10. The predicted molar refractivity (Wildman–Crippen MR) is 100 cm³/mol. The Balaban J connectivity index is 1.38. The fourth-order valence-electron chi connectivity index (χ4n) is 4.30. The van der Waals surface area contributed by atoms with Gasteiger partial charge in [0.15, 0.2) is 11.5 Å². The summed E-state index contributed by atoms with van der Waals surface area (Å²) in [4.78, 5) is 11.8. The van der Waals surface area contributed by atoms with Crippen LogP contribution in [0.4, 0.5) is 5.82 Å². The van der Waals surface area contributed by atoms with E-state index < -0.39 is 0 Å². The van der Waals surface area contributed by atoms with E-state index in [1.54, 1.807) is 7.11 Å². The van der Waals surface area contributed by atoms with Crippen LogP contribution in [0.25, 0.3) is 5.65 Å². The van der Waals surface area contributed by atoms with Crippen LogP contribution in [0.2, 0.25) is 0 Å². The number of anilines is 1. The maximum Gasteiger partial charge on any atom is 0.231 e. The van der Waals surface area contributed by atoms with Crippen LogP contribution in [-0.4, -0.2) is 50.0 Å². The Labute approximate surface area is 157 Å². The third-order valence-corrected chi connectivity index (χ3v) is 5.65. The van der Waals surface area contributed by atoms with Crippen LogP contribution in [0.15, 0.2) is 12.1 Å². The number of piperidine rings is 1. The van der Waals surface area contributed by atoms with E-state index in [0.29, 0.717) is 11.8 Å². The van der Waals surface area contributed by atoms with Gasteiger partial charge in [0, 0.05) is 36.3 Å². The van der Waals surface area contributed by atoms with E-state index in [1.165, 1.54) is 17.7 Å². The second-order valence-corrected chi connectivity index (χ2v) is 7.34. The Morgan fingerprint density at radius 2 is 1.93 bits per heavy atom. The number of methoxy groups -OCH3 is 1. The molecule has 1 saturated heterocycles. The first kappa shape index (κ1) is 16.4. The minimum Gasteiger partial charge on any atom is -0.480 e. The maximum absolute atomic E-state index is 5.25. The summed E-state index contributed by atoms with van der Waals surface area (Å²) in [5.41, 5.74) is 3.37. The Morgan fingerprint density at radius 3 is 2.74 bits per heavy atom. The highest BCUT2D eigenvalue weighted by Gasteiger charge is 2.29. The second-order valence-electron chi connectivity index (χ2n) is 7.34. The number of aromatic nitrogens is 6. The molecule has 0 N–H and O–H groups in total. The summed E-state index contributed by atoms with van der Waals surface area (Å²) in [7, 11) is 1.62. The second kappa shape index (κ2) is 6.44. The van der Waals surface area contributed by atoms with Crippen molar-refractivity contribution in [2.24, 2.45) is 0 Å². The van der Waals surface area contributed by atoms with Crippen LogP contribution in [0.5, 0.6) is 5.88 Å². The summed E-state index contributed by atoms with van der Waals surface area (Å²) in [5.74, 6) is 3.87. The van der Waals surface area contributed by atoms with E-state index in [4.69, 9.17) is 9.72 Å². The highest BCUT2D eigenvalue weighted by Crippen LogP contribution is 2.33. The van der Waals surface area contributed by atoms with E-state index >= 15 is 0 Å². The lowest BCUT2D eigenvalue weighted by Gasteiger charge is -2.33. The first-order valence-corrected chi connectivity index (χ1v) is 9.60. The zero-order chi connectivity index (χ0) is 18.4. The lowest BCUT2D eigenvalue weighted by atomic mass is 9.95. The Bertz CT molecular complexity index is 991. The third kappa shape index (κ3) is 2.79. The van der Waals surface area contributed by atoms with Gasteiger partial charge in [-0.2, -0.15) is 4.52 Å². The van der Waals surface area contributed by atoms with Gasteiger partial charge in [0.25, 0.3) is 0 Å². The summed E-state index contributed by atoms with van der Waals surface area (Å²) in [5, 5.41) is 13.2. The molecule has 4 heterocycles. The Kier molecular flexibility index (Phi) is 3.91. The van der Waals surface area contributed by atoms with Crippen molar-refractivity contribution in [2.45, 2.75) is 44.9 Å². The van der Waals surface area contributed by atoms with Gasteiger partial charge in [-0.3, -0.25) is 0 Å². The number of nitrogens with zero attached hydrogens (tertiary/aromatic N) is 7. The van der Waals surface area contributed by atoms with Crippen LogP contribution < -0.4 is 9.64 Å². The summed E-state index contributed by atoms with van der Waals surface area (Å²) in [6.45, 7) is 3.93. The molecule has 140 valence electrons.